The monoisotopic (exact) mass is 438 g/mol. The largest absolute Gasteiger partial charge is 0.481 e. The van der Waals surface area contributed by atoms with E-state index in [0.29, 0.717) is 12.8 Å². The van der Waals surface area contributed by atoms with E-state index in [1.165, 1.54) is 0 Å². The van der Waals surface area contributed by atoms with Crippen molar-refractivity contribution in [2.45, 2.75) is 57.5 Å². The van der Waals surface area contributed by atoms with E-state index < -0.39 is 30.1 Å². The first-order chi connectivity index (χ1) is 15.4. The number of amides is 2. The summed E-state index contributed by atoms with van der Waals surface area (Å²) in [6, 6.07) is 14.9. The Hall–Kier alpha value is -3.35. The van der Waals surface area contributed by atoms with Gasteiger partial charge in [0.05, 0.1) is 6.42 Å². The molecular weight excluding hydrogens is 408 g/mol. The van der Waals surface area contributed by atoms with Crippen LogP contribution in [0.25, 0.3) is 11.1 Å². The van der Waals surface area contributed by atoms with E-state index in [2.05, 4.69) is 22.8 Å². The van der Waals surface area contributed by atoms with Gasteiger partial charge in [-0.1, -0.05) is 68.8 Å². The lowest BCUT2D eigenvalue weighted by atomic mass is 9.98. The number of hydrogen-bond acceptors (Lipinski definition) is 4. The molecule has 7 heteroatoms. The van der Waals surface area contributed by atoms with Gasteiger partial charge < -0.3 is 20.5 Å². The number of carboxylic acids is 1. The number of alkyl carbamates (subject to hydrolysis) is 1. The molecule has 7 nitrogen and oxygen atoms in total. The minimum Gasteiger partial charge on any atom is -0.481 e. The quantitative estimate of drug-likeness (QED) is 0.519. The Labute approximate surface area is 188 Å². The molecule has 32 heavy (non-hydrogen) atoms. The molecule has 0 saturated heterocycles. The number of carbonyl (C=O) groups is 3. The predicted molar refractivity (Wildman–Crippen MR) is 121 cm³/mol. The van der Waals surface area contributed by atoms with Crippen molar-refractivity contribution in [2.24, 2.45) is 0 Å². The Morgan fingerprint density at radius 3 is 2.09 bits per heavy atom. The van der Waals surface area contributed by atoms with Gasteiger partial charge in [-0.25, -0.2) is 4.79 Å². The first kappa shape index (κ1) is 23.3. The molecule has 2 aromatic rings. The minimum absolute atomic E-state index is 0.0634. The van der Waals surface area contributed by atoms with Crippen LogP contribution in [0.3, 0.4) is 0 Å². The molecule has 0 spiro atoms. The lowest BCUT2D eigenvalue weighted by molar-refractivity contribution is -0.137. The highest BCUT2D eigenvalue weighted by Crippen LogP contribution is 2.44. The maximum absolute atomic E-state index is 12.6. The van der Waals surface area contributed by atoms with E-state index >= 15 is 0 Å². The zero-order valence-electron chi connectivity index (χ0n) is 18.5. The van der Waals surface area contributed by atoms with Gasteiger partial charge in [0, 0.05) is 12.0 Å². The van der Waals surface area contributed by atoms with Gasteiger partial charge in [-0.3, -0.25) is 9.59 Å². The summed E-state index contributed by atoms with van der Waals surface area (Å²) in [6.07, 6.45) is 0.844. The van der Waals surface area contributed by atoms with Gasteiger partial charge in [0.25, 0.3) is 0 Å². The molecule has 0 aromatic heterocycles. The highest BCUT2D eigenvalue weighted by Gasteiger charge is 2.30. The molecule has 0 aliphatic heterocycles. The molecule has 3 rings (SSSR count). The number of carboxylic acid groups (broad SMARTS) is 1. The van der Waals surface area contributed by atoms with Crippen molar-refractivity contribution >= 4 is 18.0 Å². The molecule has 0 bridgehead atoms. The number of ether oxygens (including phenoxy) is 1. The number of fused-ring (bicyclic) bond motifs is 3. The summed E-state index contributed by atoms with van der Waals surface area (Å²) in [5.41, 5.74) is 4.51. The van der Waals surface area contributed by atoms with Gasteiger partial charge in [-0.2, -0.15) is 0 Å². The number of carbonyl (C=O) groups excluding carboxylic acids is 2. The van der Waals surface area contributed by atoms with Crippen LogP contribution in [0.15, 0.2) is 48.5 Å². The summed E-state index contributed by atoms with van der Waals surface area (Å²) < 4.78 is 5.52. The van der Waals surface area contributed by atoms with E-state index in [4.69, 9.17) is 9.84 Å². The van der Waals surface area contributed by atoms with Gasteiger partial charge in [-0.15, -0.1) is 0 Å². The Balaban J connectivity index is 1.60. The topological polar surface area (TPSA) is 105 Å². The van der Waals surface area contributed by atoms with Crippen molar-refractivity contribution in [2.75, 3.05) is 6.61 Å². The highest BCUT2D eigenvalue weighted by molar-refractivity contribution is 5.86. The average Bonchev–Trinajstić information content (AvgIpc) is 3.09. The second-order valence-corrected chi connectivity index (χ2v) is 8.02. The second-order valence-electron chi connectivity index (χ2n) is 8.02. The number of nitrogens with one attached hydrogen (secondary N) is 2. The summed E-state index contributed by atoms with van der Waals surface area (Å²) >= 11 is 0. The van der Waals surface area contributed by atoms with Crippen LogP contribution in [0.5, 0.6) is 0 Å². The molecule has 170 valence electrons. The van der Waals surface area contributed by atoms with Crippen LogP contribution in [0, 0.1) is 0 Å². The lowest BCUT2D eigenvalue weighted by Gasteiger charge is -2.22. The van der Waals surface area contributed by atoms with Gasteiger partial charge in [0.15, 0.2) is 0 Å². The first-order valence-corrected chi connectivity index (χ1v) is 11.1. The minimum atomic E-state index is -0.971. The van der Waals surface area contributed by atoms with Crippen LogP contribution >= 0.6 is 0 Å². The SMILES string of the molecule is CCCC(CC(=O)O)NC(=O)C(CC)NC(=O)OCC1c2ccccc2-c2ccccc21. The fourth-order valence-electron chi connectivity index (χ4n) is 4.22. The molecule has 1 aliphatic carbocycles. The van der Waals surface area contributed by atoms with Crippen molar-refractivity contribution in [3.63, 3.8) is 0 Å². The molecule has 2 amide bonds. The normalized spacial score (nSPS) is 14.1. The van der Waals surface area contributed by atoms with Crippen LogP contribution in [0.2, 0.25) is 0 Å². The van der Waals surface area contributed by atoms with Crippen molar-refractivity contribution < 1.29 is 24.2 Å². The maximum atomic E-state index is 12.6. The molecule has 0 fully saturated rings. The Bertz CT molecular complexity index is 929. The molecule has 2 unspecified atom stereocenters. The van der Waals surface area contributed by atoms with Gasteiger partial charge in [-0.05, 0) is 35.1 Å². The van der Waals surface area contributed by atoms with Crippen LogP contribution < -0.4 is 10.6 Å². The Morgan fingerprint density at radius 1 is 0.969 bits per heavy atom. The number of aliphatic carboxylic acids is 1. The predicted octanol–water partition coefficient (Wildman–Crippen LogP) is 4.06. The smallest absolute Gasteiger partial charge is 0.407 e. The van der Waals surface area contributed by atoms with Crippen molar-refractivity contribution in [1.29, 1.82) is 0 Å². The van der Waals surface area contributed by atoms with E-state index in [-0.39, 0.29) is 18.9 Å². The third-order valence-electron chi connectivity index (χ3n) is 5.77. The fraction of sp³-hybridized carbons (Fsp3) is 0.400. The molecule has 2 atom stereocenters. The summed E-state index contributed by atoms with van der Waals surface area (Å²) in [5, 5.41) is 14.4. The van der Waals surface area contributed by atoms with Crippen LogP contribution in [0.4, 0.5) is 4.79 Å². The molecule has 0 radical (unpaired) electrons. The summed E-state index contributed by atoms with van der Waals surface area (Å²) in [6.45, 7) is 3.86. The summed E-state index contributed by atoms with van der Waals surface area (Å²) in [4.78, 5) is 36.1. The molecular formula is C25H30N2O5. The van der Waals surface area contributed by atoms with Crippen LogP contribution in [-0.4, -0.2) is 41.8 Å². The maximum Gasteiger partial charge on any atom is 0.407 e. The van der Waals surface area contributed by atoms with Crippen LogP contribution in [0.1, 0.15) is 56.6 Å². The molecule has 0 saturated carbocycles. The zero-order chi connectivity index (χ0) is 23.1. The summed E-state index contributed by atoms with van der Waals surface area (Å²) in [5.74, 6) is -1.44. The third kappa shape index (κ3) is 5.46. The average molecular weight is 439 g/mol. The Morgan fingerprint density at radius 2 is 1.56 bits per heavy atom. The summed E-state index contributed by atoms with van der Waals surface area (Å²) in [7, 11) is 0. The number of benzene rings is 2. The number of rotatable bonds is 10. The fourth-order valence-corrected chi connectivity index (χ4v) is 4.22. The second kappa shape index (κ2) is 10.8. The van der Waals surface area contributed by atoms with Crippen molar-refractivity contribution in [1.82, 2.24) is 10.6 Å². The lowest BCUT2D eigenvalue weighted by Crippen LogP contribution is -2.50. The first-order valence-electron chi connectivity index (χ1n) is 11.1. The number of hydrogen-bond donors (Lipinski definition) is 3. The van der Waals surface area contributed by atoms with Gasteiger partial charge in [0.1, 0.15) is 12.6 Å². The van der Waals surface area contributed by atoms with E-state index in [0.717, 1.165) is 28.7 Å². The highest BCUT2D eigenvalue weighted by atomic mass is 16.5. The van der Waals surface area contributed by atoms with E-state index in [1.807, 2.05) is 43.3 Å². The van der Waals surface area contributed by atoms with Gasteiger partial charge >= 0.3 is 12.1 Å². The van der Waals surface area contributed by atoms with E-state index in [1.54, 1.807) is 6.92 Å². The standard InChI is InChI=1S/C25H30N2O5/c1-3-9-16(14-23(28)29)26-24(30)22(4-2)27-25(31)32-15-21-19-12-7-5-10-17(19)18-11-6-8-13-20(18)21/h5-8,10-13,16,21-22H,3-4,9,14-15H2,1-2H3,(H,26,30)(H,27,31)(H,28,29). The zero-order valence-corrected chi connectivity index (χ0v) is 18.5. The van der Waals surface area contributed by atoms with Crippen molar-refractivity contribution in [3.8, 4) is 11.1 Å². The molecule has 2 aromatic carbocycles. The Kier molecular flexibility index (Phi) is 7.87. The van der Waals surface area contributed by atoms with Gasteiger partial charge in [0.2, 0.25) is 5.91 Å². The molecule has 0 heterocycles. The van der Waals surface area contributed by atoms with E-state index in [9.17, 15) is 14.4 Å². The van der Waals surface area contributed by atoms with Crippen LogP contribution in [-0.2, 0) is 14.3 Å². The molecule has 3 N–H and O–H groups in total. The third-order valence-corrected chi connectivity index (χ3v) is 5.77. The van der Waals surface area contributed by atoms with Crippen molar-refractivity contribution in [3.05, 3.63) is 59.7 Å². The molecule has 1 aliphatic rings.